The van der Waals surface area contributed by atoms with Gasteiger partial charge in [-0.2, -0.15) is 5.10 Å². The van der Waals surface area contributed by atoms with E-state index in [1.54, 1.807) is 0 Å². The summed E-state index contributed by atoms with van der Waals surface area (Å²) in [4.78, 5) is 17.3. The summed E-state index contributed by atoms with van der Waals surface area (Å²) in [6, 6.07) is -0.108. The van der Waals surface area contributed by atoms with Crippen molar-refractivity contribution in [2.75, 3.05) is 0 Å². The van der Waals surface area contributed by atoms with Crippen LogP contribution in [0.4, 0.5) is 0 Å². The lowest BCUT2D eigenvalue weighted by atomic mass is 9.40. The topological polar surface area (TPSA) is 70.7 Å². The van der Waals surface area contributed by atoms with Gasteiger partial charge in [-0.15, -0.1) is 0 Å². The predicted octanol–water partition coefficient (Wildman–Crippen LogP) is 2.98. The van der Waals surface area contributed by atoms with E-state index in [1.165, 1.54) is 25.6 Å². The van der Waals surface area contributed by atoms with Crippen LogP contribution in [0.25, 0.3) is 0 Å². The second kappa shape index (κ2) is 4.33. The number of H-pyrrole nitrogens is 1. The maximum absolute atomic E-state index is 13.1. The molecule has 0 saturated heterocycles. The molecule has 4 aliphatic rings. The van der Waals surface area contributed by atoms with Crippen molar-refractivity contribution in [2.45, 2.75) is 65.3 Å². The molecular formula is C17H26N4O. The van der Waals surface area contributed by atoms with Gasteiger partial charge in [0.1, 0.15) is 12.2 Å². The Labute approximate surface area is 131 Å². The maximum atomic E-state index is 13.1. The molecule has 4 saturated carbocycles. The summed E-state index contributed by atoms with van der Waals surface area (Å²) in [7, 11) is 0. The molecule has 4 bridgehead atoms. The maximum Gasteiger partial charge on any atom is 0.226 e. The Balaban J connectivity index is 1.57. The third-order valence-electron chi connectivity index (χ3n) is 6.30. The molecule has 3 atom stereocenters. The van der Waals surface area contributed by atoms with Crippen molar-refractivity contribution >= 4 is 5.91 Å². The molecule has 0 aromatic carbocycles. The summed E-state index contributed by atoms with van der Waals surface area (Å²) in [5, 5.41) is 9.93. The molecule has 5 heteroatoms. The number of rotatable bonds is 3. The Morgan fingerprint density at radius 3 is 2.50 bits per heavy atom. The Kier molecular flexibility index (Phi) is 2.80. The molecule has 0 aliphatic heterocycles. The van der Waals surface area contributed by atoms with Crippen LogP contribution in [0.5, 0.6) is 0 Å². The Bertz CT molecular complexity index is 578. The highest BCUT2D eigenvalue weighted by molar-refractivity contribution is 5.83. The zero-order valence-electron chi connectivity index (χ0n) is 13.8. The first-order chi connectivity index (χ1) is 10.3. The summed E-state index contributed by atoms with van der Waals surface area (Å²) in [6.45, 7) is 6.78. The summed E-state index contributed by atoms with van der Waals surface area (Å²) in [5.74, 6) is 1.70. The van der Waals surface area contributed by atoms with Crippen molar-refractivity contribution in [3.63, 3.8) is 0 Å². The Morgan fingerprint density at radius 2 is 1.95 bits per heavy atom. The van der Waals surface area contributed by atoms with Gasteiger partial charge < -0.3 is 5.32 Å². The van der Waals surface area contributed by atoms with Crippen molar-refractivity contribution in [2.24, 2.45) is 22.2 Å². The van der Waals surface area contributed by atoms with Crippen LogP contribution in [0.15, 0.2) is 6.33 Å². The van der Waals surface area contributed by atoms with E-state index < -0.39 is 0 Å². The first kappa shape index (κ1) is 14.2. The summed E-state index contributed by atoms with van der Waals surface area (Å²) in [6.07, 6.45) is 8.60. The second-order valence-corrected chi connectivity index (χ2v) is 8.98. The quantitative estimate of drug-likeness (QED) is 0.901. The molecule has 2 N–H and O–H groups in total. The summed E-state index contributed by atoms with van der Waals surface area (Å²) >= 11 is 0. The van der Waals surface area contributed by atoms with Crippen LogP contribution in [0.2, 0.25) is 0 Å². The standard InChI is InChI=1S/C17H26N4O/c1-11(13-18-10-19-21-13)20-14(22)17-6-12-4-15(2,8-17)7-16(3,5-12)9-17/h10-12H,4-9H2,1-3H3,(H,20,22)(H,18,19,21). The van der Waals surface area contributed by atoms with Crippen molar-refractivity contribution in [1.82, 2.24) is 20.5 Å². The SMILES string of the molecule is CC(NC(=O)C12CC3CC(C)(CC(C)(C3)C1)C2)c1ncn[nH]1. The van der Waals surface area contributed by atoms with Crippen LogP contribution in [-0.2, 0) is 4.79 Å². The first-order valence-electron chi connectivity index (χ1n) is 8.48. The smallest absolute Gasteiger partial charge is 0.226 e. The third-order valence-corrected chi connectivity index (χ3v) is 6.30. The minimum Gasteiger partial charge on any atom is -0.346 e. The molecule has 5 rings (SSSR count). The number of aromatic amines is 1. The van der Waals surface area contributed by atoms with Crippen molar-refractivity contribution in [1.29, 1.82) is 0 Å². The highest BCUT2D eigenvalue weighted by atomic mass is 16.2. The van der Waals surface area contributed by atoms with Gasteiger partial charge in [-0.05, 0) is 62.2 Å². The van der Waals surface area contributed by atoms with E-state index in [0.717, 1.165) is 31.0 Å². The largest absolute Gasteiger partial charge is 0.346 e. The molecule has 1 heterocycles. The number of aromatic nitrogens is 3. The number of carbonyl (C=O) groups is 1. The minimum atomic E-state index is -0.156. The molecule has 4 fully saturated rings. The van der Waals surface area contributed by atoms with Crippen molar-refractivity contribution < 1.29 is 4.79 Å². The van der Waals surface area contributed by atoms with E-state index >= 15 is 0 Å². The fraction of sp³-hybridized carbons (Fsp3) is 0.824. The molecule has 3 unspecified atom stereocenters. The van der Waals surface area contributed by atoms with E-state index in [9.17, 15) is 4.79 Å². The Hall–Kier alpha value is -1.39. The fourth-order valence-corrected chi connectivity index (χ4v) is 6.54. The zero-order chi connectivity index (χ0) is 15.6. The second-order valence-electron chi connectivity index (χ2n) is 8.98. The predicted molar refractivity (Wildman–Crippen MR) is 82.8 cm³/mol. The molecule has 22 heavy (non-hydrogen) atoms. The molecule has 5 nitrogen and oxygen atoms in total. The number of hydrogen-bond donors (Lipinski definition) is 2. The first-order valence-corrected chi connectivity index (χ1v) is 8.48. The van der Waals surface area contributed by atoms with Gasteiger partial charge in [0.15, 0.2) is 0 Å². The van der Waals surface area contributed by atoms with Crippen molar-refractivity contribution in [3.8, 4) is 0 Å². The molecular weight excluding hydrogens is 276 g/mol. The lowest BCUT2D eigenvalue weighted by Gasteiger charge is -2.64. The van der Waals surface area contributed by atoms with Crippen molar-refractivity contribution in [3.05, 3.63) is 12.2 Å². The van der Waals surface area contributed by atoms with E-state index in [2.05, 4.69) is 34.3 Å². The monoisotopic (exact) mass is 302 g/mol. The van der Waals surface area contributed by atoms with Gasteiger partial charge in [-0.3, -0.25) is 9.89 Å². The number of nitrogens with zero attached hydrogens (tertiary/aromatic N) is 2. The van der Waals surface area contributed by atoms with Gasteiger partial charge in [-0.1, -0.05) is 13.8 Å². The van der Waals surface area contributed by atoms with E-state index in [-0.39, 0.29) is 17.4 Å². The lowest BCUT2D eigenvalue weighted by Crippen LogP contribution is -2.60. The molecule has 1 aromatic rings. The Morgan fingerprint density at radius 1 is 1.27 bits per heavy atom. The van der Waals surface area contributed by atoms with Gasteiger partial charge in [0.05, 0.1) is 11.5 Å². The average molecular weight is 302 g/mol. The van der Waals surface area contributed by atoms with E-state index in [4.69, 9.17) is 0 Å². The molecule has 1 aromatic heterocycles. The number of carbonyl (C=O) groups excluding carboxylic acids is 1. The van der Waals surface area contributed by atoms with Gasteiger partial charge in [0, 0.05) is 0 Å². The van der Waals surface area contributed by atoms with Gasteiger partial charge in [-0.25, -0.2) is 4.98 Å². The summed E-state index contributed by atoms with van der Waals surface area (Å²) in [5.41, 5.74) is 0.569. The average Bonchev–Trinajstić information content (AvgIpc) is 2.87. The molecule has 0 radical (unpaired) electrons. The molecule has 4 aliphatic carbocycles. The van der Waals surface area contributed by atoms with E-state index in [0.29, 0.717) is 10.8 Å². The van der Waals surface area contributed by atoms with Gasteiger partial charge in [0.25, 0.3) is 0 Å². The molecule has 0 spiro atoms. The summed E-state index contributed by atoms with van der Waals surface area (Å²) < 4.78 is 0. The van der Waals surface area contributed by atoms with Crippen LogP contribution in [0, 0.1) is 22.2 Å². The minimum absolute atomic E-state index is 0.108. The number of hydrogen-bond acceptors (Lipinski definition) is 3. The third kappa shape index (κ3) is 2.09. The normalized spacial score (nSPS) is 44.0. The van der Waals surface area contributed by atoms with Gasteiger partial charge >= 0.3 is 0 Å². The number of amides is 1. The van der Waals surface area contributed by atoms with Crippen LogP contribution in [0.3, 0.4) is 0 Å². The fourth-order valence-electron chi connectivity index (χ4n) is 6.54. The number of nitrogens with one attached hydrogen (secondary N) is 2. The highest BCUT2D eigenvalue weighted by Gasteiger charge is 2.62. The highest BCUT2D eigenvalue weighted by Crippen LogP contribution is 2.69. The molecule has 120 valence electrons. The van der Waals surface area contributed by atoms with E-state index in [1.807, 2.05) is 6.92 Å². The van der Waals surface area contributed by atoms with Crippen LogP contribution in [0.1, 0.15) is 71.2 Å². The molecule has 1 amide bonds. The van der Waals surface area contributed by atoms with Gasteiger partial charge in [0.2, 0.25) is 5.91 Å². The zero-order valence-corrected chi connectivity index (χ0v) is 13.8. The lowest BCUT2D eigenvalue weighted by molar-refractivity contribution is -0.170. The van der Waals surface area contributed by atoms with Crippen LogP contribution >= 0.6 is 0 Å². The van der Waals surface area contributed by atoms with Crippen LogP contribution in [-0.4, -0.2) is 21.1 Å². The van der Waals surface area contributed by atoms with Crippen LogP contribution < -0.4 is 5.32 Å².